The number of rotatable bonds is 10. The summed E-state index contributed by atoms with van der Waals surface area (Å²) in [6.45, 7) is 8.54. The van der Waals surface area contributed by atoms with Gasteiger partial charge in [-0.2, -0.15) is 5.21 Å². The molecule has 0 amide bonds. The third-order valence-electron chi connectivity index (χ3n) is 7.89. The Balaban J connectivity index is 1.48. The first kappa shape index (κ1) is 25.8. The van der Waals surface area contributed by atoms with Crippen LogP contribution in [0.1, 0.15) is 64.4 Å². The van der Waals surface area contributed by atoms with Gasteiger partial charge in [-0.15, -0.1) is 10.2 Å². The van der Waals surface area contributed by atoms with Gasteiger partial charge in [0, 0.05) is 29.6 Å². The van der Waals surface area contributed by atoms with E-state index in [1.165, 1.54) is 0 Å². The molecule has 0 bridgehead atoms. The third-order valence-corrected chi connectivity index (χ3v) is 7.89. The van der Waals surface area contributed by atoms with Crippen molar-refractivity contribution in [3.8, 4) is 22.5 Å². The number of nitrogens with one attached hydrogen (secondary N) is 1. The zero-order valence-corrected chi connectivity index (χ0v) is 22.5. The van der Waals surface area contributed by atoms with Crippen molar-refractivity contribution < 1.29 is 4.79 Å². The Bertz CT molecular complexity index is 1470. The van der Waals surface area contributed by atoms with Gasteiger partial charge in [0.15, 0.2) is 0 Å². The van der Waals surface area contributed by atoms with Crippen molar-refractivity contribution in [1.29, 1.82) is 0 Å². The van der Waals surface area contributed by atoms with Crippen LogP contribution in [0, 0.1) is 17.8 Å². The fourth-order valence-corrected chi connectivity index (χ4v) is 5.66. The Morgan fingerprint density at radius 2 is 1.95 bits per heavy atom. The summed E-state index contributed by atoms with van der Waals surface area (Å²) in [5, 5.41) is 14.3. The quantitative estimate of drug-likeness (QED) is 0.329. The smallest absolute Gasteiger partial charge is 0.300 e. The first-order valence-corrected chi connectivity index (χ1v) is 13.5. The first-order valence-electron chi connectivity index (χ1n) is 13.5. The average molecular weight is 514 g/mol. The van der Waals surface area contributed by atoms with Crippen molar-refractivity contribution in [2.24, 2.45) is 17.8 Å². The lowest BCUT2D eigenvalue weighted by Gasteiger charge is -2.46. The number of aromatic nitrogens is 7. The maximum absolute atomic E-state index is 13.8. The lowest BCUT2D eigenvalue weighted by atomic mass is 9.63. The second-order valence-corrected chi connectivity index (χ2v) is 10.7. The number of nitrogens with zero attached hydrogens (tertiary/aromatic N) is 6. The molecule has 1 fully saturated rings. The van der Waals surface area contributed by atoms with Crippen molar-refractivity contribution in [3.05, 3.63) is 70.7 Å². The number of imidazole rings is 1. The topological polar surface area (TPSA) is 111 Å². The maximum atomic E-state index is 13.8. The Morgan fingerprint density at radius 3 is 2.66 bits per heavy atom. The number of tetrazole rings is 1. The molecule has 198 valence electrons. The Morgan fingerprint density at radius 1 is 1.16 bits per heavy atom. The van der Waals surface area contributed by atoms with Crippen molar-refractivity contribution in [3.63, 3.8) is 0 Å². The summed E-state index contributed by atoms with van der Waals surface area (Å²) < 4.78 is 3.70. The number of Topliss-reactive ketones (excluding diaryl/α,β-unsaturated/α-hetero) is 1. The number of H-pyrrole nitrogens is 1. The number of ketones is 1. The summed E-state index contributed by atoms with van der Waals surface area (Å²) >= 11 is 0. The van der Waals surface area contributed by atoms with Crippen LogP contribution in [0.5, 0.6) is 0 Å². The highest BCUT2D eigenvalue weighted by molar-refractivity contribution is 5.80. The number of hydrogen-bond donors (Lipinski definition) is 1. The Kier molecular flexibility index (Phi) is 7.35. The van der Waals surface area contributed by atoms with E-state index in [0.717, 1.165) is 53.8 Å². The van der Waals surface area contributed by atoms with Crippen LogP contribution in [-0.2, 0) is 17.8 Å². The third kappa shape index (κ3) is 4.97. The van der Waals surface area contributed by atoms with Gasteiger partial charge in [-0.05, 0) is 72.6 Å². The van der Waals surface area contributed by atoms with Gasteiger partial charge in [-0.25, -0.2) is 4.79 Å². The number of hydrogen-bond acceptors (Lipinski definition) is 6. The molecule has 3 unspecified atom stereocenters. The van der Waals surface area contributed by atoms with Crippen LogP contribution >= 0.6 is 0 Å². The van der Waals surface area contributed by atoms with Gasteiger partial charge in [-0.3, -0.25) is 18.9 Å². The lowest BCUT2D eigenvalue weighted by Crippen LogP contribution is -2.47. The summed E-state index contributed by atoms with van der Waals surface area (Å²) in [5.74, 6) is 1.34. The highest BCUT2D eigenvalue weighted by atomic mass is 16.2. The lowest BCUT2D eigenvalue weighted by molar-refractivity contribution is -0.129. The molecule has 1 saturated carbocycles. The SMILES string of the molecule is CCCCc1cn(C2C(C(C)=O)CC2C(C)C)c(=O)n1Cc1cc(-c2cccc(-c3nn[nH]n3)c2)ccn1. The minimum Gasteiger partial charge on any atom is -0.300 e. The second kappa shape index (κ2) is 10.8. The molecule has 0 aliphatic heterocycles. The van der Waals surface area contributed by atoms with Crippen LogP contribution < -0.4 is 5.69 Å². The Labute approximate surface area is 222 Å². The fraction of sp³-hybridized carbons (Fsp3) is 0.448. The van der Waals surface area contributed by atoms with Crippen LogP contribution in [0.2, 0.25) is 0 Å². The molecule has 0 spiro atoms. The molecule has 0 radical (unpaired) electrons. The van der Waals surface area contributed by atoms with E-state index in [1.807, 2.05) is 51.7 Å². The molecule has 38 heavy (non-hydrogen) atoms. The number of carbonyl (C=O) groups excluding carboxylic acids is 1. The van der Waals surface area contributed by atoms with Crippen molar-refractivity contribution >= 4 is 5.78 Å². The highest BCUT2D eigenvalue weighted by Gasteiger charge is 2.46. The number of pyridine rings is 1. The van der Waals surface area contributed by atoms with Crippen LogP contribution in [0.25, 0.3) is 22.5 Å². The number of aromatic amines is 1. The van der Waals surface area contributed by atoms with Gasteiger partial charge in [0.2, 0.25) is 5.82 Å². The molecular formula is C29H35N7O2. The van der Waals surface area contributed by atoms with E-state index in [-0.39, 0.29) is 23.4 Å². The molecule has 3 aromatic heterocycles. The van der Waals surface area contributed by atoms with E-state index in [2.05, 4.69) is 46.4 Å². The van der Waals surface area contributed by atoms with Crippen LogP contribution in [0.15, 0.2) is 53.6 Å². The fourth-order valence-electron chi connectivity index (χ4n) is 5.66. The monoisotopic (exact) mass is 513 g/mol. The number of unbranched alkanes of at least 4 members (excludes halogenated alkanes) is 1. The molecule has 9 heteroatoms. The van der Waals surface area contributed by atoms with E-state index in [9.17, 15) is 9.59 Å². The van der Waals surface area contributed by atoms with Gasteiger partial charge in [0.25, 0.3) is 0 Å². The molecule has 5 rings (SSSR count). The number of carbonyl (C=O) groups is 1. The average Bonchev–Trinajstić information content (AvgIpc) is 3.52. The molecule has 3 heterocycles. The van der Waals surface area contributed by atoms with Crippen LogP contribution in [0.3, 0.4) is 0 Å². The predicted molar refractivity (Wildman–Crippen MR) is 145 cm³/mol. The summed E-state index contributed by atoms with van der Waals surface area (Å²) in [6.07, 6.45) is 7.49. The predicted octanol–water partition coefficient (Wildman–Crippen LogP) is 4.71. The highest BCUT2D eigenvalue weighted by Crippen LogP contribution is 2.48. The number of aryl methyl sites for hydroxylation is 1. The first-order chi connectivity index (χ1) is 18.4. The molecular weight excluding hydrogens is 478 g/mol. The standard InChI is InChI=1S/C29H35N7O2/c1-5-6-10-24-17-36(27-25(18(2)3)15-26(27)19(4)37)29(38)35(24)16-23-14-21(11-12-30-23)20-8-7-9-22(13-20)28-31-33-34-32-28/h7-9,11-14,17-18,25-27H,5-6,10,15-16H2,1-4H3,(H,31,32,33,34). The van der Waals surface area contributed by atoms with Gasteiger partial charge in [0.05, 0.1) is 18.3 Å². The van der Waals surface area contributed by atoms with Gasteiger partial charge >= 0.3 is 5.69 Å². The molecule has 9 nitrogen and oxygen atoms in total. The molecule has 4 aromatic rings. The molecule has 0 saturated heterocycles. The minimum atomic E-state index is -0.0945. The van der Waals surface area contributed by atoms with Gasteiger partial charge in [-0.1, -0.05) is 45.4 Å². The minimum absolute atomic E-state index is 0.0518. The maximum Gasteiger partial charge on any atom is 0.328 e. The molecule has 3 atom stereocenters. The molecule has 1 N–H and O–H groups in total. The van der Waals surface area contributed by atoms with E-state index in [1.54, 1.807) is 13.1 Å². The zero-order chi connectivity index (χ0) is 26.8. The van der Waals surface area contributed by atoms with Crippen molar-refractivity contribution in [1.82, 2.24) is 34.7 Å². The second-order valence-electron chi connectivity index (χ2n) is 10.7. The molecule has 1 aliphatic rings. The summed E-state index contributed by atoms with van der Waals surface area (Å²) in [6, 6.07) is 11.9. The van der Waals surface area contributed by atoms with E-state index < -0.39 is 0 Å². The normalized spacial score (nSPS) is 19.0. The summed E-state index contributed by atoms with van der Waals surface area (Å²) in [7, 11) is 0. The van der Waals surface area contributed by atoms with Gasteiger partial charge < -0.3 is 0 Å². The van der Waals surface area contributed by atoms with Crippen molar-refractivity contribution in [2.75, 3.05) is 0 Å². The summed E-state index contributed by atoms with van der Waals surface area (Å²) in [4.78, 5) is 30.8. The van der Waals surface area contributed by atoms with Crippen LogP contribution in [0.4, 0.5) is 0 Å². The zero-order valence-electron chi connectivity index (χ0n) is 22.5. The number of benzene rings is 1. The van der Waals surface area contributed by atoms with Crippen molar-refractivity contribution in [2.45, 2.75) is 66.0 Å². The van der Waals surface area contributed by atoms with Gasteiger partial charge in [0.1, 0.15) is 5.78 Å². The Hall–Kier alpha value is -3.88. The molecule has 1 aliphatic carbocycles. The largest absolute Gasteiger partial charge is 0.328 e. The molecule has 1 aromatic carbocycles. The van der Waals surface area contributed by atoms with E-state index in [0.29, 0.717) is 24.2 Å². The summed E-state index contributed by atoms with van der Waals surface area (Å²) in [5.41, 5.74) is 4.63. The van der Waals surface area contributed by atoms with Crippen LogP contribution in [-0.4, -0.2) is 40.5 Å². The van der Waals surface area contributed by atoms with E-state index >= 15 is 0 Å². The van der Waals surface area contributed by atoms with E-state index in [4.69, 9.17) is 0 Å².